The second kappa shape index (κ2) is 8.20. The number of pyridine rings is 1. The minimum atomic E-state index is 0.668. The molecule has 4 heterocycles. The first-order chi connectivity index (χ1) is 15.5. The van der Waals surface area contributed by atoms with Crippen molar-refractivity contribution in [3.63, 3.8) is 0 Å². The van der Waals surface area contributed by atoms with Gasteiger partial charge in [0.25, 0.3) is 0 Å². The minimum absolute atomic E-state index is 0.668. The van der Waals surface area contributed by atoms with Gasteiger partial charge in [-0.05, 0) is 69.2 Å². The predicted molar refractivity (Wildman–Crippen MR) is 126 cm³/mol. The van der Waals surface area contributed by atoms with Crippen molar-refractivity contribution >= 4 is 17.5 Å². The molecule has 7 nitrogen and oxygen atoms in total. The van der Waals surface area contributed by atoms with Gasteiger partial charge in [-0.2, -0.15) is 0 Å². The fourth-order valence-corrected chi connectivity index (χ4v) is 4.51. The Labute approximate surface area is 190 Å². The third-order valence-electron chi connectivity index (χ3n) is 5.48. The number of aryl methyl sites for hydroxylation is 4. The molecule has 8 heteroatoms. The van der Waals surface area contributed by atoms with Crippen LogP contribution in [-0.2, 0) is 5.75 Å². The quantitative estimate of drug-likeness (QED) is 0.361. The Hall–Kier alpha value is -3.52. The van der Waals surface area contributed by atoms with Crippen LogP contribution in [0, 0.1) is 27.7 Å². The summed E-state index contributed by atoms with van der Waals surface area (Å²) in [6.07, 6.45) is 5.59. The van der Waals surface area contributed by atoms with E-state index in [0.717, 1.165) is 45.1 Å². The fourth-order valence-electron chi connectivity index (χ4n) is 3.68. The van der Waals surface area contributed by atoms with Crippen LogP contribution in [0.4, 0.5) is 0 Å². The zero-order valence-electron chi connectivity index (χ0n) is 18.4. The van der Waals surface area contributed by atoms with Gasteiger partial charge in [0.2, 0.25) is 5.78 Å². The second-order valence-corrected chi connectivity index (χ2v) is 8.82. The summed E-state index contributed by atoms with van der Waals surface area (Å²) in [5.74, 6) is 2.19. The van der Waals surface area contributed by atoms with Crippen molar-refractivity contribution in [2.24, 2.45) is 0 Å². The van der Waals surface area contributed by atoms with Crippen molar-refractivity contribution in [1.82, 2.24) is 34.1 Å². The van der Waals surface area contributed by atoms with Crippen molar-refractivity contribution in [3.8, 4) is 17.1 Å². The zero-order valence-corrected chi connectivity index (χ0v) is 19.3. The number of hydrogen-bond donors (Lipinski definition) is 0. The van der Waals surface area contributed by atoms with Gasteiger partial charge in [-0.3, -0.25) is 14.0 Å². The molecule has 0 saturated carbocycles. The third-order valence-corrected chi connectivity index (χ3v) is 6.44. The number of nitrogens with zero attached hydrogens (tertiary/aromatic N) is 7. The summed E-state index contributed by atoms with van der Waals surface area (Å²) in [6.45, 7) is 8.29. The maximum Gasteiger partial charge on any atom is 0.234 e. The summed E-state index contributed by atoms with van der Waals surface area (Å²) < 4.78 is 4.13. The topological polar surface area (TPSA) is 73.8 Å². The normalized spacial score (nSPS) is 11.4. The Balaban J connectivity index is 1.53. The van der Waals surface area contributed by atoms with E-state index in [-0.39, 0.29) is 0 Å². The maximum atomic E-state index is 4.71. The summed E-state index contributed by atoms with van der Waals surface area (Å²) >= 11 is 1.62. The molecule has 32 heavy (non-hydrogen) atoms. The molecule has 0 bridgehead atoms. The number of thioether (sulfide) groups is 1. The van der Waals surface area contributed by atoms with Gasteiger partial charge >= 0.3 is 0 Å². The van der Waals surface area contributed by atoms with E-state index in [9.17, 15) is 0 Å². The van der Waals surface area contributed by atoms with E-state index in [1.54, 1.807) is 24.2 Å². The van der Waals surface area contributed by atoms with Crippen LogP contribution in [0.1, 0.15) is 28.2 Å². The first-order valence-corrected chi connectivity index (χ1v) is 11.4. The highest BCUT2D eigenvalue weighted by Crippen LogP contribution is 2.30. The van der Waals surface area contributed by atoms with Crippen molar-refractivity contribution in [2.45, 2.75) is 38.6 Å². The third kappa shape index (κ3) is 3.78. The highest BCUT2D eigenvalue weighted by molar-refractivity contribution is 7.98. The molecule has 5 rings (SSSR count). The number of hydrogen-bond acceptors (Lipinski definition) is 6. The molecule has 1 aromatic carbocycles. The highest BCUT2D eigenvalue weighted by Gasteiger charge is 2.17. The lowest BCUT2D eigenvalue weighted by molar-refractivity contribution is 0.883. The summed E-state index contributed by atoms with van der Waals surface area (Å²) in [5, 5.41) is 9.87. The summed E-state index contributed by atoms with van der Waals surface area (Å²) in [5.41, 5.74) is 7.53. The smallest absolute Gasteiger partial charge is 0.234 e. The number of rotatable bonds is 5. The molecule has 0 saturated heterocycles. The molecule has 0 unspecified atom stereocenters. The fraction of sp³-hybridized carbons (Fsp3) is 0.208. The second-order valence-electron chi connectivity index (χ2n) is 7.88. The molecule has 0 aliphatic rings. The Kier molecular flexibility index (Phi) is 5.22. The van der Waals surface area contributed by atoms with Gasteiger partial charge in [0.1, 0.15) is 0 Å². The predicted octanol–water partition coefficient (Wildman–Crippen LogP) is 4.90. The van der Waals surface area contributed by atoms with Crippen LogP contribution in [0.3, 0.4) is 0 Å². The molecule has 0 aliphatic heterocycles. The van der Waals surface area contributed by atoms with E-state index in [2.05, 4.69) is 69.8 Å². The van der Waals surface area contributed by atoms with Crippen LogP contribution < -0.4 is 0 Å². The Morgan fingerprint density at radius 2 is 1.69 bits per heavy atom. The average molecular weight is 442 g/mol. The van der Waals surface area contributed by atoms with E-state index in [0.29, 0.717) is 5.75 Å². The first kappa shape index (κ1) is 20.4. The summed E-state index contributed by atoms with van der Waals surface area (Å²) in [6, 6.07) is 12.4. The molecule has 0 amide bonds. The van der Waals surface area contributed by atoms with Crippen molar-refractivity contribution in [1.29, 1.82) is 0 Å². The van der Waals surface area contributed by atoms with Gasteiger partial charge in [-0.25, -0.2) is 9.97 Å². The van der Waals surface area contributed by atoms with Gasteiger partial charge in [0, 0.05) is 41.3 Å². The molecule has 0 aliphatic carbocycles. The molecule has 0 atom stereocenters. The van der Waals surface area contributed by atoms with Gasteiger partial charge in [0.05, 0.1) is 11.4 Å². The molecule has 0 fully saturated rings. The number of benzene rings is 1. The van der Waals surface area contributed by atoms with Crippen LogP contribution in [0.2, 0.25) is 0 Å². The molecule has 0 spiro atoms. The lowest BCUT2D eigenvalue weighted by Crippen LogP contribution is -2.01. The number of imidazole rings is 1. The first-order valence-electron chi connectivity index (χ1n) is 10.4. The van der Waals surface area contributed by atoms with Crippen LogP contribution in [0.5, 0.6) is 0 Å². The van der Waals surface area contributed by atoms with Crippen LogP contribution in [0.15, 0.2) is 60.1 Å². The molecular weight excluding hydrogens is 418 g/mol. The number of fused-ring (bicyclic) bond motifs is 1. The monoisotopic (exact) mass is 441 g/mol. The standard InChI is InChI=1S/C24H23N7S/c1-15-5-6-21(11-16(15)2)31-22(19-7-9-25-10-8-19)28-29-24(31)32-14-20-13-30-18(4)12-17(3)26-23(30)27-20/h5-13H,14H2,1-4H3. The van der Waals surface area contributed by atoms with Crippen LogP contribution in [-0.4, -0.2) is 34.1 Å². The molecule has 0 radical (unpaired) electrons. The Morgan fingerprint density at radius 3 is 2.47 bits per heavy atom. The summed E-state index contributed by atoms with van der Waals surface area (Å²) in [7, 11) is 0. The van der Waals surface area contributed by atoms with Crippen molar-refractivity contribution < 1.29 is 0 Å². The van der Waals surface area contributed by atoms with Gasteiger partial charge in [0.15, 0.2) is 11.0 Å². The molecule has 5 aromatic rings. The largest absolute Gasteiger partial charge is 0.288 e. The van der Waals surface area contributed by atoms with E-state index in [4.69, 9.17) is 4.98 Å². The van der Waals surface area contributed by atoms with E-state index < -0.39 is 0 Å². The zero-order chi connectivity index (χ0) is 22.2. The highest BCUT2D eigenvalue weighted by atomic mass is 32.2. The Morgan fingerprint density at radius 1 is 0.875 bits per heavy atom. The lowest BCUT2D eigenvalue weighted by atomic mass is 10.1. The Bertz CT molecular complexity index is 1420. The van der Waals surface area contributed by atoms with Crippen molar-refractivity contribution in [2.75, 3.05) is 0 Å². The lowest BCUT2D eigenvalue weighted by Gasteiger charge is -2.12. The SMILES string of the molecule is Cc1cc(C)n2cc(CSc3nnc(-c4ccncc4)n3-c3ccc(C)c(C)c3)nc2n1. The van der Waals surface area contributed by atoms with E-state index in [1.807, 2.05) is 29.7 Å². The average Bonchev–Trinajstić information content (AvgIpc) is 3.39. The van der Waals surface area contributed by atoms with Gasteiger partial charge < -0.3 is 0 Å². The van der Waals surface area contributed by atoms with E-state index >= 15 is 0 Å². The van der Waals surface area contributed by atoms with Crippen LogP contribution >= 0.6 is 11.8 Å². The molecule has 0 N–H and O–H groups in total. The summed E-state index contributed by atoms with van der Waals surface area (Å²) in [4.78, 5) is 13.4. The molecule has 4 aromatic heterocycles. The van der Waals surface area contributed by atoms with E-state index in [1.165, 1.54) is 11.1 Å². The van der Waals surface area contributed by atoms with Crippen LogP contribution in [0.25, 0.3) is 22.9 Å². The molecular formula is C24H23N7S. The molecule has 160 valence electrons. The number of aromatic nitrogens is 7. The van der Waals surface area contributed by atoms with Gasteiger partial charge in [-0.15, -0.1) is 10.2 Å². The minimum Gasteiger partial charge on any atom is -0.288 e. The van der Waals surface area contributed by atoms with Crippen molar-refractivity contribution in [3.05, 3.63) is 83.2 Å². The van der Waals surface area contributed by atoms with Gasteiger partial charge in [-0.1, -0.05) is 17.8 Å². The maximum absolute atomic E-state index is 4.71.